The van der Waals surface area contributed by atoms with Crippen LogP contribution in [0.2, 0.25) is 0 Å². The second kappa shape index (κ2) is 7.91. The zero-order chi connectivity index (χ0) is 23.4. The van der Waals surface area contributed by atoms with Crippen molar-refractivity contribution in [3.63, 3.8) is 0 Å². The minimum absolute atomic E-state index is 0.103. The summed E-state index contributed by atoms with van der Waals surface area (Å²) in [5, 5.41) is 13.6. The molecule has 8 nitrogen and oxygen atoms in total. The van der Waals surface area contributed by atoms with Crippen LogP contribution in [-0.4, -0.2) is 32.2 Å². The number of benzene rings is 1. The quantitative estimate of drug-likeness (QED) is 0.441. The molecule has 4 heterocycles. The Morgan fingerprint density at radius 3 is 2.88 bits per heavy atom. The Morgan fingerprint density at radius 2 is 2.15 bits per heavy atom. The normalized spacial score (nSPS) is 15.4. The van der Waals surface area contributed by atoms with Gasteiger partial charge in [0.05, 0.1) is 35.3 Å². The molecule has 6 rings (SSSR count). The number of aromatic nitrogens is 3. The SMILES string of the molecule is O=C(O)c1cn(C2CC2)c2cc(N3CCc4nc(Nc5cccnc5)sc4C3)c(F)cc2c1=O. The first-order valence-corrected chi connectivity index (χ1v) is 11.8. The van der Waals surface area contributed by atoms with Crippen molar-refractivity contribution in [3.05, 3.63) is 75.0 Å². The van der Waals surface area contributed by atoms with Gasteiger partial charge in [-0.15, -0.1) is 0 Å². The number of nitrogens with one attached hydrogen (secondary N) is 1. The maximum absolute atomic E-state index is 15.3. The average molecular weight is 478 g/mol. The summed E-state index contributed by atoms with van der Waals surface area (Å²) in [5.41, 5.74) is 1.85. The van der Waals surface area contributed by atoms with E-state index in [9.17, 15) is 14.7 Å². The van der Waals surface area contributed by atoms with E-state index in [4.69, 9.17) is 0 Å². The van der Waals surface area contributed by atoms with Crippen LogP contribution in [0.25, 0.3) is 10.9 Å². The molecule has 1 aliphatic heterocycles. The third kappa shape index (κ3) is 3.60. The first-order chi connectivity index (χ1) is 16.5. The lowest BCUT2D eigenvalue weighted by atomic mass is 10.1. The predicted molar refractivity (Wildman–Crippen MR) is 128 cm³/mol. The molecule has 4 aromatic rings. The molecule has 172 valence electrons. The minimum Gasteiger partial charge on any atom is -0.477 e. The number of carboxylic acid groups (broad SMARTS) is 1. The second-order valence-electron chi connectivity index (χ2n) is 8.56. The third-order valence-corrected chi connectivity index (χ3v) is 7.25. The van der Waals surface area contributed by atoms with E-state index in [1.165, 1.54) is 23.6 Å². The van der Waals surface area contributed by atoms with E-state index in [0.717, 1.165) is 34.2 Å². The highest BCUT2D eigenvalue weighted by molar-refractivity contribution is 7.15. The fourth-order valence-corrected chi connectivity index (χ4v) is 5.47. The van der Waals surface area contributed by atoms with E-state index >= 15 is 4.39 Å². The molecule has 0 bridgehead atoms. The summed E-state index contributed by atoms with van der Waals surface area (Å²) in [6.45, 7) is 1.09. The molecule has 0 unspecified atom stereocenters. The first kappa shape index (κ1) is 20.8. The van der Waals surface area contributed by atoms with Crippen LogP contribution in [0.1, 0.15) is 39.8 Å². The summed E-state index contributed by atoms with van der Waals surface area (Å²) in [5.74, 6) is -1.83. The molecule has 3 aromatic heterocycles. The van der Waals surface area contributed by atoms with Crippen LogP contribution in [0.5, 0.6) is 0 Å². The Kier molecular flexibility index (Phi) is 4.84. The van der Waals surface area contributed by atoms with Crippen molar-refractivity contribution in [3.8, 4) is 0 Å². The lowest BCUT2D eigenvalue weighted by Crippen LogP contribution is -2.30. The van der Waals surface area contributed by atoms with E-state index in [1.54, 1.807) is 18.5 Å². The Morgan fingerprint density at radius 1 is 1.29 bits per heavy atom. The first-order valence-electron chi connectivity index (χ1n) is 11.0. The lowest BCUT2D eigenvalue weighted by Gasteiger charge is -2.29. The number of thiazole rings is 1. The molecule has 1 saturated carbocycles. The Labute approximate surface area is 197 Å². The second-order valence-corrected chi connectivity index (χ2v) is 9.65. The highest BCUT2D eigenvalue weighted by Crippen LogP contribution is 2.39. The van der Waals surface area contributed by atoms with Crippen molar-refractivity contribution < 1.29 is 14.3 Å². The summed E-state index contributed by atoms with van der Waals surface area (Å²) in [6, 6.07) is 6.78. The molecule has 1 aromatic carbocycles. The molecule has 10 heteroatoms. The molecule has 0 saturated heterocycles. The zero-order valence-corrected chi connectivity index (χ0v) is 18.8. The van der Waals surface area contributed by atoms with Gasteiger partial charge < -0.3 is 19.9 Å². The number of hydrogen-bond donors (Lipinski definition) is 2. The molecular formula is C24H20FN5O3S. The highest BCUT2D eigenvalue weighted by Gasteiger charge is 2.29. The van der Waals surface area contributed by atoms with E-state index in [1.807, 2.05) is 21.6 Å². The largest absolute Gasteiger partial charge is 0.477 e. The van der Waals surface area contributed by atoms with Crippen molar-refractivity contribution in [1.29, 1.82) is 0 Å². The number of halogens is 1. The Hall–Kier alpha value is -3.79. The minimum atomic E-state index is -1.30. The summed E-state index contributed by atoms with van der Waals surface area (Å²) >= 11 is 1.53. The summed E-state index contributed by atoms with van der Waals surface area (Å²) in [7, 11) is 0. The Bertz CT molecular complexity index is 1500. The van der Waals surface area contributed by atoms with E-state index in [2.05, 4.69) is 15.3 Å². The molecule has 0 amide bonds. The van der Waals surface area contributed by atoms with E-state index in [-0.39, 0.29) is 17.0 Å². The molecule has 2 aliphatic rings. The number of carbonyl (C=O) groups is 1. The van der Waals surface area contributed by atoms with Gasteiger partial charge in [0.2, 0.25) is 5.43 Å². The third-order valence-electron chi connectivity index (χ3n) is 6.26. The molecule has 0 radical (unpaired) electrons. The summed E-state index contributed by atoms with van der Waals surface area (Å²) in [4.78, 5) is 36.1. The van der Waals surface area contributed by atoms with Crippen molar-refractivity contribution in [2.24, 2.45) is 0 Å². The maximum atomic E-state index is 15.3. The number of fused-ring (bicyclic) bond motifs is 2. The standard InChI is InChI=1S/C24H20FN5O3S/c25-17-8-15-19(30(14-3-4-14)11-16(22(15)31)23(32)33)9-20(17)29-7-5-18-21(12-29)34-24(28-18)27-13-2-1-6-26-10-13/h1-2,6,8-11,14H,3-5,7,12H2,(H,27,28)(H,32,33). The van der Waals surface area contributed by atoms with Gasteiger partial charge >= 0.3 is 5.97 Å². The summed E-state index contributed by atoms with van der Waals surface area (Å²) in [6.07, 6.45) is 7.33. The van der Waals surface area contributed by atoms with Gasteiger partial charge in [-0.2, -0.15) is 0 Å². The average Bonchev–Trinajstić information content (AvgIpc) is 3.59. The smallest absolute Gasteiger partial charge is 0.341 e. The fraction of sp³-hybridized carbons (Fsp3) is 0.250. The van der Waals surface area contributed by atoms with Gasteiger partial charge in [-0.1, -0.05) is 11.3 Å². The van der Waals surface area contributed by atoms with Gasteiger partial charge in [0, 0.05) is 41.7 Å². The number of anilines is 3. The van der Waals surface area contributed by atoms with Gasteiger partial charge in [-0.25, -0.2) is 14.2 Å². The number of hydrogen-bond acceptors (Lipinski definition) is 7. The van der Waals surface area contributed by atoms with Gasteiger partial charge in [-0.3, -0.25) is 9.78 Å². The van der Waals surface area contributed by atoms with Crippen LogP contribution >= 0.6 is 11.3 Å². The number of rotatable bonds is 5. The van der Waals surface area contributed by atoms with Crippen molar-refractivity contribution >= 4 is 44.7 Å². The molecule has 1 aliphatic carbocycles. The highest BCUT2D eigenvalue weighted by atomic mass is 32.1. The van der Waals surface area contributed by atoms with Gasteiger partial charge in [0.1, 0.15) is 11.4 Å². The van der Waals surface area contributed by atoms with Crippen LogP contribution in [0.4, 0.5) is 20.9 Å². The number of pyridine rings is 2. The van der Waals surface area contributed by atoms with Crippen molar-refractivity contribution in [2.75, 3.05) is 16.8 Å². The zero-order valence-electron chi connectivity index (χ0n) is 18.0. The predicted octanol–water partition coefficient (Wildman–Crippen LogP) is 4.33. The fourth-order valence-electron chi connectivity index (χ4n) is 4.42. The Balaban J connectivity index is 1.36. The maximum Gasteiger partial charge on any atom is 0.341 e. The number of carboxylic acids is 1. The topological polar surface area (TPSA) is 100 Å². The van der Waals surface area contributed by atoms with Crippen LogP contribution in [0.15, 0.2) is 47.7 Å². The molecule has 1 fully saturated rings. The van der Waals surface area contributed by atoms with Crippen LogP contribution in [-0.2, 0) is 13.0 Å². The van der Waals surface area contributed by atoms with Gasteiger partial charge in [0.15, 0.2) is 5.13 Å². The lowest BCUT2D eigenvalue weighted by molar-refractivity contribution is 0.0695. The molecule has 0 spiro atoms. The number of nitrogens with zero attached hydrogens (tertiary/aromatic N) is 4. The van der Waals surface area contributed by atoms with Crippen LogP contribution in [0, 0.1) is 5.82 Å². The molecule has 2 N–H and O–H groups in total. The molecular weight excluding hydrogens is 457 g/mol. The monoisotopic (exact) mass is 477 g/mol. The van der Waals surface area contributed by atoms with Gasteiger partial charge in [-0.05, 0) is 37.1 Å². The number of aromatic carboxylic acids is 1. The van der Waals surface area contributed by atoms with E-state index in [0.29, 0.717) is 30.7 Å². The molecule has 0 atom stereocenters. The summed E-state index contributed by atoms with van der Waals surface area (Å²) < 4.78 is 17.1. The van der Waals surface area contributed by atoms with Gasteiger partial charge in [0.25, 0.3) is 0 Å². The van der Waals surface area contributed by atoms with Crippen molar-refractivity contribution in [2.45, 2.75) is 31.8 Å². The van der Waals surface area contributed by atoms with E-state index < -0.39 is 17.2 Å². The van der Waals surface area contributed by atoms with Crippen molar-refractivity contribution in [1.82, 2.24) is 14.5 Å². The molecule has 34 heavy (non-hydrogen) atoms. The van der Waals surface area contributed by atoms with Crippen LogP contribution < -0.4 is 15.6 Å². The van der Waals surface area contributed by atoms with Crippen LogP contribution in [0.3, 0.4) is 0 Å².